The Balaban J connectivity index is 0.00000131. The molecule has 0 radical (unpaired) electrons. The Morgan fingerprint density at radius 1 is 1.04 bits per heavy atom. The highest BCUT2D eigenvalue weighted by molar-refractivity contribution is 7.18. The van der Waals surface area contributed by atoms with Crippen molar-refractivity contribution in [2.24, 2.45) is 5.92 Å². The zero-order valence-electron chi connectivity index (χ0n) is 16.4. The van der Waals surface area contributed by atoms with Gasteiger partial charge in [0.05, 0.1) is 5.39 Å². The van der Waals surface area contributed by atoms with Crippen molar-refractivity contribution < 1.29 is 0 Å². The molecule has 1 saturated carbocycles. The largest absolute Gasteiger partial charge is 0.367 e. The summed E-state index contributed by atoms with van der Waals surface area (Å²) in [7, 11) is 0. The van der Waals surface area contributed by atoms with E-state index in [2.05, 4.69) is 34.0 Å². The molecule has 27 heavy (non-hydrogen) atoms. The summed E-state index contributed by atoms with van der Waals surface area (Å²) in [5, 5.41) is 4.96. The van der Waals surface area contributed by atoms with Crippen molar-refractivity contribution in [3.63, 3.8) is 0 Å². The van der Waals surface area contributed by atoms with Gasteiger partial charge in [-0.1, -0.05) is 19.3 Å². The van der Waals surface area contributed by atoms with Crippen LogP contribution < -0.4 is 5.32 Å². The Morgan fingerprint density at radius 2 is 1.74 bits per heavy atom. The Morgan fingerprint density at radius 3 is 2.44 bits per heavy atom. The van der Waals surface area contributed by atoms with Gasteiger partial charge in [0.15, 0.2) is 0 Å². The monoisotopic (exact) mass is 430 g/mol. The molecule has 4 nitrogen and oxygen atoms in total. The molecule has 0 bridgehead atoms. The number of halogens is 2. The van der Waals surface area contributed by atoms with E-state index in [-0.39, 0.29) is 24.8 Å². The first-order chi connectivity index (χ1) is 12.2. The quantitative estimate of drug-likeness (QED) is 0.683. The van der Waals surface area contributed by atoms with Crippen LogP contribution in [-0.2, 0) is 0 Å². The van der Waals surface area contributed by atoms with Crippen molar-refractivity contribution in [2.45, 2.75) is 64.8 Å². The zero-order chi connectivity index (χ0) is 17.2. The van der Waals surface area contributed by atoms with Gasteiger partial charge in [-0.15, -0.1) is 36.2 Å². The van der Waals surface area contributed by atoms with Gasteiger partial charge in [0.25, 0.3) is 0 Å². The lowest BCUT2D eigenvalue weighted by atomic mass is 9.88. The fourth-order valence-electron chi connectivity index (χ4n) is 4.48. The molecule has 1 aliphatic heterocycles. The number of nitrogens with one attached hydrogen (secondary N) is 1. The van der Waals surface area contributed by atoms with E-state index in [9.17, 15) is 0 Å². The predicted octanol–water partition coefficient (Wildman–Crippen LogP) is 5.61. The van der Waals surface area contributed by atoms with Crippen LogP contribution >= 0.6 is 36.2 Å². The lowest BCUT2D eigenvalue weighted by molar-refractivity contribution is 0.168. The number of aromatic nitrogens is 2. The van der Waals surface area contributed by atoms with Gasteiger partial charge in [-0.25, -0.2) is 9.97 Å². The van der Waals surface area contributed by atoms with Crippen LogP contribution in [0.1, 0.15) is 55.4 Å². The lowest BCUT2D eigenvalue weighted by Crippen LogP contribution is -2.41. The summed E-state index contributed by atoms with van der Waals surface area (Å²) >= 11 is 1.78. The first kappa shape index (κ1) is 22.7. The van der Waals surface area contributed by atoms with Crippen molar-refractivity contribution in [3.8, 4) is 0 Å². The Kier molecular flexibility index (Phi) is 8.60. The summed E-state index contributed by atoms with van der Waals surface area (Å²) in [6.45, 7) is 8.14. The molecular weight excluding hydrogens is 399 g/mol. The number of thiophene rings is 1. The number of hydrogen-bond acceptors (Lipinski definition) is 5. The van der Waals surface area contributed by atoms with Crippen LogP contribution in [0.4, 0.5) is 5.82 Å². The van der Waals surface area contributed by atoms with Crippen LogP contribution in [0.25, 0.3) is 10.2 Å². The summed E-state index contributed by atoms with van der Waals surface area (Å²) in [6.07, 6.45) is 11.4. The zero-order valence-corrected chi connectivity index (χ0v) is 18.8. The number of fused-ring (bicyclic) bond motifs is 1. The van der Waals surface area contributed by atoms with Gasteiger partial charge in [-0.05, 0) is 51.0 Å². The molecule has 1 N–H and O–H groups in total. The van der Waals surface area contributed by atoms with Crippen LogP contribution in [0, 0.1) is 19.8 Å². The maximum absolute atomic E-state index is 4.56. The third-order valence-corrected chi connectivity index (χ3v) is 7.25. The van der Waals surface area contributed by atoms with E-state index in [0.717, 1.165) is 16.6 Å². The predicted molar refractivity (Wildman–Crippen MR) is 121 cm³/mol. The molecule has 0 atom stereocenters. The SMILES string of the molecule is Cc1sc2ncnc(NC3CCN(CC4CCCCC4)CC3)c2c1C.Cl.Cl. The average molecular weight is 431 g/mol. The second kappa shape index (κ2) is 10.2. The molecule has 0 unspecified atom stereocenters. The van der Waals surface area contributed by atoms with E-state index in [1.807, 2.05) is 0 Å². The Bertz CT molecular complexity index is 722. The van der Waals surface area contributed by atoms with E-state index in [1.165, 1.54) is 80.4 Å². The van der Waals surface area contributed by atoms with Crippen LogP contribution in [0.15, 0.2) is 6.33 Å². The molecule has 2 aromatic rings. The summed E-state index contributed by atoms with van der Waals surface area (Å²) < 4.78 is 0. The minimum Gasteiger partial charge on any atom is -0.367 e. The normalized spacial score (nSPS) is 19.5. The molecule has 0 amide bonds. The molecule has 1 aliphatic carbocycles. The fourth-order valence-corrected chi connectivity index (χ4v) is 5.48. The number of hydrogen-bond donors (Lipinski definition) is 1. The third kappa shape index (κ3) is 5.26. The molecule has 0 spiro atoms. The van der Waals surface area contributed by atoms with Crippen molar-refractivity contribution in [1.29, 1.82) is 0 Å². The van der Waals surface area contributed by atoms with Gasteiger partial charge in [0.2, 0.25) is 0 Å². The number of anilines is 1. The van der Waals surface area contributed by atoms with Crippen molar-refractivity contribution >= 4 is 52.2 Å². The van der Waals surface area contributed by atoms with E-state index >= 15 is 0 Å². The number of nitrogens with zero attached hydrogens (tertiary/aromatic N) is 3. The Labute approximate surface area is 179 Å². The minimum absolute atomic E-state index is 0. The van der Waals surface area contributed by atoms with Gasteiger partial charge in [0, 0.05) is 30.6 Å². The summed E-state index contributed by atoms with van der Waals surface area (Å²) in [6, 6.07) is 0.542. The van der Waals surface area contributed by atoms with Gasteiger partial charge in [-0.3, -0.25) is 0 Å². The van der Waals surface area contributed by atoms with E-state index < -0.39 is 0 Å². The maximum atomic E-state index is 4.56. The van der Waals surface area contributed by atoms with E-state index in [1.54, 1.807) is 17.7 Å². The fraction of sp³-hybridized carbons (Fsp3) is 0.700. The second-order valence-electron chi connectivity index (χ2n) is 7.91. The molecule has 3 heterocycles. The topological polar surface area (TPSA) is 41.1 Å². The number of likely N-dealkylation sites (tertiary alicyclic amines) is 1. The van der Waals surface area contributed by atoms with Gasteiger partial charge >= 0.3 is 0 Å². The summed E-state index contributed by atoms with van der Waals surface area (Å²) in [5.41, 5.74) is 1.33. The summed E-state index contributed by atoms with van der Waals surface area (Å²) in [5.74, 6) is 1.99. The molecule has 2 aromatic heterocycles. The highest BCUT2D eigenvalue weighted by Gasteiger charge is 2.23. The standard InChI is InChI=1S/C20H30N4S.2ClH/c1-14-15(2)25-20-18(14)19(21-13-22-20)23-17-8-10-24(11-9-17)12-16-6-4-3-5-7-16;;/h13,16-17H,3-12H2,1-2H3,(H,21,22,23);2*1H. The molecule has 2 aliphatic rings. The molecule has 0 aromatic carbocycles. The maximum Gasteiger partial charge on any atom is 0.138 e. The Hall–Kier alpha value is -0.620. The third-order valence-electron chi connectivity index (χ3n) is 6.13. The molecular formula is C20H32Cl2N4S. The van der Waals surface area contributed by atoms with E-state index in [4.69, 9.17) is 0 Å². The average Bonchev–Trinajstić information content (AvgIpc) is 2.93. The van der Waals surface area contributed by atoms with Crippen LogP contribution in [0.5, 0.6) is 0 Å². The molecule has 7 heteroatoms. The van der Waals surface area contributed by atoms with Crippen molar-refractivity contribution in [3.05, 3.63) is 16.8 Å². The molecule has 1 saturated heterocycles. The number of aryl methyl sites for hydroxylation is 2. The highest BCUT2D eigenvalue weighted by atomic mass is 35.5. The number of piperidine rings is 1. The second-order valence-corrected chi connectivity index (χ2v) is 9.11. The van der Waals surface area contributed by atoms with Gasteiger partial charge in [-0.2, -0.15) is 0 Å². The highest BCUT2D eigenvalue weighted by Crippen LogP contribution is 2.33. The smallest absolute Gasteiger partial charge is 0.138 e. The lowest BCUT2D eigenvalue weighted by Gasteiger charge is -2.35. The van der Waals surface area contributed by atoms with Crippen LogP contribution in [-0.4, -0.2) is 40.5 Å². The van der Waals surface area contributed by atoms with Crippen molar-refractivity contribution in [1.82, 2.24) is 14.9 Å². The van der Waals surface area contributed by atoms with Gasteiger partial charge in [0.1, 0.15) is 17.0 Å². The van der Waals surface area contributed by atoms with Crippen molar-refractivity contribution in [2.75, 3.05) is 25.0 Å². The van der Waals surface area contributed by atoms with Crippen LogP contribution in [0.2, 0.25) is 0 Å². The van der Waals surface area contributed by atoms with Crippen LogP contribution in [0.3, 0.4) is 0 Å². The van der Waals surface area contributed by atoms with Gasteiger partial charge < -0.3 is 10.2 Å². The van der Waals surface area contributed by atoms with E-state index in [0.29, 0.717) is 6.04 Å². The number of rotatable bonds is 4. The first-order valence-corrected chi connectivity index (χ1v) is 10.7. The summed E-state index contributed by atoms with van der Waals surface area (Å²) in [4.78, 5) is 14.2. The first-order valence-electron chi connectivity index (χ1n) is 9.90. The molecule has 152 valence electrons. The minimum atomic E-state index is 0. The molecule has 4 rings (SSSR count). The molecule has 2 fully saturated rings.